The van der Waals surface area contributed by atoms with Crippen LogP contribution in [0.4, 0.5) is 0 Å². The number of aryl methyl sites for hydroxylation is 2. The highest BCUT2D eigenvalue weighted by Gasteiger charge is 2.18. The molecule has 0 aliphatic rings. The number of rotatable bonds is 4. The maximum absolute atomic E-state index is 9.90. The molecule has 1 aromatic heterocycles. The molecule has 0 spiro atoms. The summed E-state index contributed by atoms with van der Waals surface area (Å²) >= 11 is 7.70. The normalized spacial score (nSPS) is 12.9. The molecule has 5 heteroatoms. The van der Waals surface area contributed by atoms with Crippen LogP contribution in [0.25, 0.3) is 0 Å². The highest BCUT2D eigenvalue weighted by Crippen LogP contribution is 2.29. The van der Waals surface area contributed by atoms with Crippen molar-refractivity contribution in [3.05, 3.63) is 44.4 Å². The zero-order valence-electron chi connectivity index (χ0n) is 12.1. The molecule has 1 heterocycles. The molecule has 0 radical (unpaired) electrons. The SMILES string of the molecule is Cc1nc([C@H](C)N(C)Cc2cc(Cl)ccc2O)c(C)s1. The van der Waals surface area contributed by atoms with Gasteiger partial charge in [0.2, 0.25) is 0 Å². The predicted octanol–water partition coefficient (Wildman–Crippen LogP) is 4.31. The van der Waals surface area contributed by atoms with E-state index in [-0.39, 0.29) is 11.8 Å². The van der Waals surface area contributed by atoms with E-state index in [1.165, 1.54) is 4.88 Å². The van der Waals surface area contributed by atoms with E-state index < -0.39 is 0 Å². The van der Waals surface area contributed by atoms with E-state index in [4.69, 9.17) is 11.6 Å². The van der Waals surface area contributed by atoms with Crippen molar-refractivity contribution >= 4 is 22.9 Å². The molecular weight excluding hydrogens is 292 g/mol. The molecule has 20 heavy (non-hydrogen) atoms. The molecule has 2 aromatic rings. The molecule has 0 amide bonds. The van der Waals surface area contributed by atoms with Crippen LogP contribution in [0.2, 0.25) is 5.02 Å². The third-order valence-electron chi connectivity index (χ3n) is 3.46. The van der Waals surface area contributed by atoms with Crippen molar-refractivity contribution in [3.63, 3.8) is 0 Å². The summed E-state index contributed by atoms with van der Waals surface area (Å²) in [5.41, 5.74) is 1.94. The fraction of sp³-hybridized carbons (Fsp3) is 0.400. The Bertz CT molecular complexity index is 612. The maximum Gasteiger partial charge on any atom is 0.120 e. The van der Waals surface area contributed by atoms with Crippen molar-refractivity contribution in [2.75, 3.05) is 7.05 Å². The van der Waals surface area contributed by atoms with Gasteiger partial charge < -0.3 is 5.11 Å². The van der Waals surface area contributed by atoms with Gasteiger partial charge in [0.05, 0.1) is 16.7 Å². The molecule has 0 fully saturated rings. The Kier molecular flexibility index (Phi) is 4.68. The molecule has 0 saturated heterocycles. The van der Waals surface area contributed by atoms with Crippen molar-refractivity contribution in [1.82, 2.24) is 9.88 Å². The number of hydrogen-bond donors (Lipinski definition) is 1. The van der Waals surface area contributed by atoms with Gasteiger partial charge in [-0.25, -0.2) is 4.98 Å². The lowest BCUT2D eigenvalue weighted by molar-refractivity contribution is 0.245. The average molecular weight is 311 g/mol. The third kappa shape index (κ3) is 3.32. The Morgan fingerprint density at radius 2 is 2.10 bits per heavy atom. The Labute approximate surface area is 128 Å². The highest BCUT2D eigenvalue weighted by molar-refractivity contribution is 7.11. The number of hydrogen-bond acceptors (Lipinski definition) is 4. The van der Waals surface area contributed by atoms with Gasteiger partial charge in [-0.2, -0.15) is 0 Å². The largest absolute Gasteiger partial charge is 0.508 e. The molecular formula is C15H19ClN2OS. The zero-order chi connectivity index (χ0) is 14.9. The molecule has 2 rings (SSSR count). The van der Waals surface area contributed by atoms with Crippen molar-refractivity contribution in [2.45, 2.75) is 33.4 Å². The minimum absolute atomic E-state index is 0.193. The van der Waals surface area contributed by atoms with E-state index in [0.29, 0.717) is 11.6 Å². The smallest absolute Gasteiger partial charge is 0.120 e. The number of phenolic OH excluding ortho intramolecular Hbond substituents is 1. The molecule has 3 nitrogen and oxygen atoms in total. The van der Waals surface area contributed by atoms with Crippen LogP contribution in [0.1, 0.15) is 34.1 Å². The van der Waals surface area contributed by atoms with E-state index in [1.807, 2.05) is 14.0 Å². The van der Waals surface area contributed by atoms with E-state index in [2.05, 4.69) is 23.7 Å². The maximum atomic E-state index is 9.90. The second kappa shape index (κ2) is 6.12. The first-order valence-electron chi connectivity index (χ1n) is 6.50. The van der Waals surface area contributed by atoms with Crippen molar-refractivity contribution in [1.29, 1.82) is 0 Å². The summed E-state index contributed by atoms with van der Waals surface area (Å²) in [5, 5.41) is 11.6. The van der Waals surface area contributed by atoms with Gasteiger partial charge in [0.25, 0.3) is 0 Å². The summed E-state index contributed by atoms with van der Waals surface area (Å²) in [6.45, 7) is 6.88. The van der Waals surface area contributed by atoms with Gasteiger partial charge in [-0.1, -0.05) is 11.6 Å². The fourth-order valence-electron chi connectivity index (χ4n) is 2.23. The summed E-state index contributed by atoms with van der Waals surface area (Å²) in [7, 11) is 2.03. The molecule has 0 saturated carbocycles. The summed E-state index contributed by atoms with van der Waals surface area (Å²) in [4.78, 5) is 8.01. The second-order valence-corrected chi connectivity index (χ2v) is 6.88. The quantitative estimate of drug-likeness (QED) is 0.914. The number of phenols is 1. The Hall–Kier alpha value is -1.10. The molecule has 0 unspecified atom stereocenters. The molecule has 0 aliphatic carbocycles. The van der Waals surface area contributed by atoms with Crippen LogP contribution in [0.5, 0.6) is 5.75 Å². The van der Waals surface area contributed by atoms with Crippen LogP contribution in [0, 0.1) is 13.8 Å². The third-order valence-corrected chi connectivity index (χ3v) is 4.59. The molecule has 0 bridgehead atoms. The fourth-order valence-corrected chi connectivity index (χ4v) is 3.33. The van der Waals surface area contributed by atoms with Crippen molar-refractivity contribution in [2.24, 2.45) is 0 Å². The predicted molar refractivity (Wildman–Crippen MR) is 84.6 cm³/mol. The van der Waals surface area contributed by atoms with Gasteiger partial charge >= 0.3 is 0 Å². The topological polar surface area (TPSA) is 36.4 Å². The van der Waals surface area contributed by atoms with E-state index in [0.717, 1.165) is 16.3 Å². The summed E-state index contributed by atoms with van der Waals surface area (Å²) in [6, 6.07) is 5.32. The van der Waals surface area contributed by atoms with Gasteiger partial charge in [-0.3, -0.25) is 4.90 Å². The standard InChI is InChI=1S/C15H19ClN2OS/c1-9(15-10(2)20-11(3)17-15)18(4)8-12-7-13(16)5-6-14(12)19/h5-7,9,19H,8H2,1-4H3/t9-/m0/s1. The molecule has 1 aromatic carbocycles. The number of nitrogens with zero attached hydrogens (tertiary/aromatic N) is 2. The first kappa shape index (κ1) is 15.3. The Morgan fingerprint density at radius 1 is 1.40 bits per heavy atom. The Balaban J connectivity index is 2.17. The number of aromatic nitrogens is 1. The number of thiazole rings is 1. The lowest BCUT2D eigenvalue weighted by Gasteiger charge is -2.24. The second-order valence-electron chi connectivity index (χ2n) is 5.04. The molecule has 0 aliphatic heterocycles. The lowest BCUT2D eigenvalue weighted by atomic mass is 10.1. The summed E-state index contributed by atoms with van der Waals surface area (Å²) in [6.07, 6.45) is 0. The first-order chi connectivity index (χ1) is 9.38. The lowest BCUT2D eigenvalue weighted by Crippen LogP contribution is -2.22. The van der Waals surface area contributed by atoms with Crippen molar-refractivity contribution < 1.29 is 5.11 Å². The van der Waals surface area contributed by atoms with Crippen molar-refractivity contribution in [3.8, 4) is 5.75 Å². The molecule has 1 atom stereocenters. The van der Waals surface area contributed by atoms with E-state index in [1.54, 1.807) is 29.5 Å². The summed E-state index contributed by atoms with van der Waals surface area (Å²) in [5.74, 6) is 0.277. The van der Waals surface area contributed by atoms with Crippen LogP contribution in [-0.4, -0.2) is 22.0 Å². The number of halogens is 1. The molecule has 108 valence electrons. The summed E-state index contributed by atoms with van der Waals surface area (Å²) < 4.78 is 0. The minimum Gasteiger partial charge on any atom is -0.508 e. The zero-order valence-corrected chi connectivity index (χ0v) is 13.7. The highest BCUT2D eigenvalue weighted by atomic mass is 35.5. The van der Waals surface area contributed by atoms with Crippen LogP contribution in [-0.2, 0) is 6.54 Å². The van der Waals surface area contributed by atoms with Gasteiger partial charge in [0.1, 0.15) is 5.75 Å². The van der Waals surface area contributed by atoms with Crippen LogP contribution in [0.3, 0.4) is 0 Å². The van der Waals surface area contributed by atoms with Gasteiger partial charge in [0, 0.05) is 22.0 Å². The molecule has 1 N–H and O–H groups in total. The Morgan fingerprint density at radius 3 is 2.70 bits per heavy atom. The van der Waals surface area contributed by atoms with Gasteiger partial charge in [-0.05, 0) is 46.0 Å². The van der Waals surface area contributed by atoms with Crippen LogP contribution < -0.4 is 0 Å². The number of aromatic hydroxyl groups is 1. The van der Waals surface area contributed by atoms with Crippen LogP contribution in [0.15, 0.2) is 18.2 Å². The monoisotopic (exact) mass is 310 g/mol. The average Bonchev–Trinajstić information content (AvgIpc) is 2.72. The first-order valence-corrected chi connectivity index (χ1v) is 7.69. The van der Waals surface area contributed by atoms with Gasteiger partial charge in [0.15, 0.2) is 0 Å². The van der Waals surface area contributed by atoms with E-state index >= 15 is 0 Å². The minimum atomic E-state index is 0.193. The van der Waals surface area contributed by atoms with E-state index in [9.17, 15) is 5.11 Å². The van der Waals surface area contributed by atoms with Crippen LogP contribution >= 0.6 is 22.9 Å². The number of benzene rings is 1. The van der Waals surface area contributed by atoms with Gasteiger partial charge in [-0.15, -0.1) is 11.3 Å².